The summed E-state index contributed by atoms with van der Waals surface area (Å²) in [6.07, 6.45) is 15.4. The van der Waals surface area contributed by atoms with Crippen LogP contribution in [0.1, 0.15) is 50.3 Å². The first-order chi connectivity index (χ1) is 11.1. The van der Waals surface area contributed by atoms with Crippen LogP contribution in [-0.4, -0.2) is 13.2 Å². The van der Waals surface area contributed by atoms with Crippen LogP contribution in [0.2, 0.25) is 0 Å². The molecule has 1 aliphatic rings. The van der Waals surface area contributed by atoms with E-state index in [1.54, 1.807) is 11.3 Å². The van der Waals surface area contributed by atoms with Gasteiger partial charge in [0.15, 0.2) is 11.5 Å². The van der Waals surface area contributed by atoms with E-state index in [-0.39, 0.29) is 0 Å². The van der Waals surface area contributed by atoms with Crippen molar-refractivity contribution in [3.05, 3.63) is 34.1 Å². The molecule has 0 aromatic carbocycles. The molecule has 1 unspecified atom stereocenters. The van der Waals surface area contributed by atoms with E-state index in [4.69, 9.17) is 9.47 Å². The molecule has 1 aromatic heterocycles. The quantitative estimate of drug-likeness (QED) is 0.554. The first-order valence-corrected chi connectivity index (χ1v) is 9.39. The molecule has 2 heterocycles. The molecular weight excluding hydrogens is 304 g/mol. The average molecular weight is 333 g/mol. The van der Waals surface area contributed by atoms with E-state index in [0.29, 0.717) is 25.0 Å². The van der Waals surface area contributed by atoms with Crippen LogP contribution in [0.4, 0.5) is 0 Å². The highest BCUT2D eigenvalue weighted by Gasteiger charge is 2.21. The van der Waals surface area contributed by atoms with E-state index < -0.39 is 0 Å². The van der Waals surface area contributed by atoms with E-state index >= 15 is 0 Å². The first-order valence-electron chi connectivity index (χ1n) is 8.57. The van der Waals surface area contributed by atoms with E-state index in [9.17, 15) is 0 Å². The van der Waals surface area contributed by atoms with Crippen LogP contribution in [-0.2, 0) is 0 Å². The molecule has 3 heteroatoms. The smallest absolute Gasteiger partial charge is 0.180 e. The van der Waals surface area contributed by atoms with Gasteiger partial charge in [-0.15, -0.1) is 11.3 Å². The van der Waals surface area contributed by atoms with E-state index in [1.165, 1.54) is 12.8 Å². The SMILES string of the molecule is CCCC(C)/C=C/C=C/c1sc(/C=C/C(C)C)c2c1OCCO2. The highest BCUT2D eigenvalue weighted by Crippen LogP contribution is 2.45. The zero-order chi connectivity index (χ0) is 16.7. The van der Waals surface area contributed by atoms with Gasteiger partial charge in [0.1, 0.15) is 13.2 Å². The molecule has 0 N–H and O–H groups in total. The zero-order valence-electron chi connectivity index (χ0n) is 14.7. The number of hydrogen-bond acceptors (Lipinski definition) is 3. The molecule has 0 saturated carbocycles. The number of fused-ring (bicyclic) bond motifs is 1. The summed E-state index contributed by atoms with van der Waals surface area (Å²) < 4.78 is 11.7. The molecule has 0 fully saturated rings. The standard InChI is InChI=1S/C20H28O2S/c1-5-8-16(4)9-6-7-10-17-19-20(22-14-13-21-19)18(23-17)12-11-15(2)3/h6-7,9-12,15-16H,5,8,13-14H2,1-4H3/b9-6+,10-7+,12-11+. The van der Waals surface area contributed by atoms with Gasteiger partial charge in [-0.25, -0.2) is 0 Å². The van der Waals surface area contributed by atoms with Crippen molar-refractivity contribution in [1.82, 2.24) is 0 Å². The highest BCUT2D eigenvalue weighted by molar-refractivity contribution is 7.14. The Balaban J connectivity index is 2.15. The van der Waals surface area contributed by atoms with Gasteiger partial charge in [-0.2, -0.15) is 0 Å². The molecule has 0 aliphatic carbocycles. The molecular formula is C20H28O2S. The molecule has 0 spiro atoms. The van der Waals surface area contributed by atoms with Crippen LogP contribution in [0, 0.1) is 11.8 Å². The Bertz CT molecular complexity index is 579. The maximum absolute atomic E-state index is 5.83. The summed E-state index contributed by atoms with van der Waals surface area (Å²) >= 11 is 1.73. The van der Waals surface area contributed by atoms with Crippen LogP contribution >= 0.6 is 11.3 Å². The largest absolute Gasteiger partial charge is 0.485 e. The van der Waals surface area contributed by atoms with Crippen molar-refractivity contribution in [1.29, 1.82) is 0 Å². The lowest BCUT2D eigenvalue weighted by molar-refractivity contribution is 0.173. The van der Waals surface area contributed by atoms with Gasteiger partial charge in [-0.05, 0) is 30.4 Å². The Morgan fingerprint density at radius 1 is 0.957 bits per heavy atom. The lowest BCUT2D eigenvalue weighted by atomic mass is 10.1. The molecule has 2 rings (SSSR count). The Labute approximate surface area is 144 Å². The molecule has 0 amide bonds. The lowest BCUT2D eigenvalue weighted by Crippen LogP contribution is -2.14. The second-order valence-electron chi connectivity index (χ2n) is 6.30. The maximum Gasteiger partial charge on any atom is 0.180 e. The number of allylic oxidation sites excluding steroid dienone is 4. The van der Waals surface area contributed by atoms with Crippen LogP contribution < -0.4 is 9.47 Å². The molecule has 0 radical (unpaired) electrons. The number of hydrogen-bond donors (Lipinski definition) is 0. The molecule has 0 saturated heterocycles. The van der Waals surface area contributed by atoms with Gasteiger partial charge < -0.3 is 9.47 Å². The number of rotatable bonds is 7. The minimum Gasteiger partial charge on any atom is -0.485 e. The molecule has 1 aliphatic heterocycles. The van der Waals surface area contributed by atoms with Gasteiger partial charge in [-0.3, -0.25) is 0 Å². The van der Waals surface area contributed by atoms with Crippen molar-refractivity contribution >= 4 is 23.5 Å². The molecule has 2 nitrogen and oxygen atoms in total. The third-order valence-electron chi connectivity index (χ3n) is 3.62. The van der Waals surface area contributed by atoms with Crippen molar-refractivity contribution in [2.24, 2.45) is 11.8 Å². The summed E-state index contributed by atoms with van der Waals surface area (Å²) in [4.78, 5) is 2.28. The highest BCUT2D eigenvalue weighted by atomic mass is 32.1. The van der Waals surface area contributed by atoms with Gasteiger partial charge in [0.25, 0.3) is 0 Å². The van der Waals surface area contributed by atoms with Crippen LogP contribution in [0.3, 0.4) is 0 Å². The summed E-state index contributed by atoms with van der Waals surface area (Å²) in [6.45, 7) is 10.1. The second-order valence-corrected chi connectivity index (χ2v) is 7.38. The first kappa shape index (κ1) is 17.9. The fourth-order valence-corrected chi connectivity index (χ4v) is 3.46. The summed E-state index contributed by atoms with van der Waals surface area (Å²) in [5.74, 6) is 2.96. The molecule has 126 valence electrons. The number of thiophene rings is 1. The van der Waals surface area contributed by atoms with Gasteiger partial charge >= 0.3 is 0 Å². The van der Waals surface area contributed by atoms with Crippen molar-refractivity contribution in [3.63, 3.8) is 0 Å². The van der Waals surface area contributed by atoms with Crippen molar-refractivity contribution in [2.75, 3.05) is 13.2 Å². The zero-order valence-corrected chi connectivity index (χ0v) is 15.5. The summed E-state index contributed by atoms with van der Waals surface area (Å²) in [7, 11) is 0. The summed E-state index contributed by atoms with van der Waals surface area (Å²) in [6, 6.07) is 0. The predicted octanol–water partition coefficient (Wildman–Crippen LogP) is 6.19. The van der Waals surface area contributed by atoms with Gasteiger partial charge in [0.05, 0.1) is 9.75 Å². The van der Waals surface area contributed by atoms with Crippen LogP contribution in [0.15, 0.2) is 24.3 Å². The third kappa shape index (κ3) is 5.28. The monoisotopic (exact) mass is 332 g/mol. The van der Waals surface area contributed by atoms with E-state index in [2.05, 4.69) is 64.2 Å². The van der Waals surface area contributed by atoms with Crippen molar-refractivity contribution in [3.8, 4) is 11.5 Å². The van der Waals surface area contributed by atoms with Crippen molar-refractivity contribution < 1.29 is 9.47 Å². The normalized spacial score (nSPS) is 16.2. The molecule has 1 atom stereocenters. The second kappa shape index (κ2) is 8.97. The molecule has 1 aromatic rings. The Morgan fingerprint density at radius 3 is 2.22 bits per heavy atom. The molecule has 0 bridgehead atoms. The fourth-order valence-electron chi connectivity index (χ4n) is 2.44. The van der Waals surface area contributed by atoms with Crippen LogP contribution in [0.5, 0.6) is 11.5 Å². The average Bonchev–Trinajstić information content (AvgIpc) is 2.88. The minimum atomic E-state index is 0.527. The third-order valence-corrected chi connectivity index (χ3v) is 4.71. The van der Waals surface area contributed by atoms with Gasteiger partial charge in [0.2, 0.25) is 0 Å². The summed E-state index contributed by atoms with van der Waals surface area (Å²) in [5, 5.41) is 0. The molecule has 23 heavy (non-hydrogen) atoms. The van der Waals surface area contributed by atoms with Crippen molar-refractivity contribution in [2.45, 2.75) is 40.5 Å². The minimum absolute atomic E-state index is 0.527. The van der Waals surface area contributed by atoms with E-state index in [0.717, 1.165) is 21.3 Å². The number of ether oxygens (including phenoxy) is 2. The van der Waals surface area contributed by atoms with Gasteiger partial charge in [-0.1, -0.05) is 58.4 Å². The van der Waals surface area contributed by atoms with Crippen LogP contribution in [0.25, 0.3) is 12.2 Å². The van der Waals surface area contributed by atoms with Gasteiger partial charge in [0, 0.05) is 0 Å². The van der Waals surface area contributed by atoms with E-state index in [1.807, 2.05) is 0 Å². The summed E-state index contributed by atoms with van der Waals surface area (Å²) in [5.41, 5.74) is 0. The maximum atomic E-state index is 5.83. The Kier molecular flexibility index (Phi) is 6.97. The topological polar surface area (TPSA) is 18.5 Å². The Hall–Kier alpha value is -1.48. The predicted molar refractivity (Wildman–Crippen MR) is 101 cm³/mol. The fraction of sp³-hybridized carbons (Fsp3) is 0.500. The lowest BCUT2D eigenvalue weighted by Gasteiger charge is -2.16. The Morgan fingerprint density at radius 2 is 1.61 bits per heavy atom.